The number of aryl methyl sites for hydroxylation is 1. The van der Waals surface area contributed by atoms with Gasteiger partial charge in [0.25, 0.3) is 5.56 Å². The Hall–Kier alpha value is -1.70. The van der Waals surface area contributed by atoms with E-state index < -0.39 is 0 Å². The summed E-state index contributed by atoms with van der Waals surface area (Å²) in [6.45, 7) is 11.6. The van der Waals surface area contributed by atoms with E-state index in [4.69, 9.17) is 4.74 Å². The van der Waals surface area contributed by atoms with Crippen molar-refractivity contribution in [2.75, 3.05) is 11.4 Å². The van der Waals surface area contributed by atoms with Crippen LogP contribution in [0.2, 0.25) is 0 Å². The fourth-order valence-electron chi connectivity index (χ4n) is 2.83. The lowest BCUT2D eigenvalue weighted by molar-refractivity contribution is -0.0479. The summed E-state index contributed by atoms with van der Waals surface area (Å²) in [7, 11) is 1.73. The molecule has 27 heavy (non-hydrogen) atoms. The van der Waals surface area contributed by atoms with Crippen molar-refractivity contribution >= 4 is 27.4 Å². The number of anilines is 2. The lowest BCUT2D eigenvalue weighted by atomic mass is 10.2. The van der Waals surface area contributed by atoms with E-state index in [1.54, 1.807) is 23.9 Å². The highest BCUT2D eigenvalue weighted by Gasteiger charge is 2.26. The maximum atomic E-state index is 12.8. The first-order chi connectivity index (χ1) is 12.6. The molecule has 0 saturated heterocycles. The minimum absolute atomic E-state index is 0.110. The average molecular weight is 437 g/mol. The van der Waals surface area contributed by atoms with Gasteiger partial charge in [0.15, 0.2) is 0 Å². The zero-order valence-corrected chi connectivity index (χ0v) is 18.5. The summed E-state index contributed by atoms with van der Waals surface area (Å²) in [5, 5.41) is 3.28. The van der Waals surface area contributed by atoms with Crippen molar-refractivity contribution < 1.29 is 4.74 Å². The van der Waals surface area contributed by atoms with Crippen LogP contribution in [0.3, 0.4) is 0 Å². The molecule has 0 aromatic carbocycles. The molecule has 6 nitrogen and oxygen atoms in total. The molecule has 0 aliphatic carbocycles. The van der Waals surface area contributed by atoms with E-state index in [1.807, 2.05) is 50.9 Å². The average Bonchev–Trinajstić information content (AvgIpc) is 2.57. The fraction of sp³-hybridized carbons (Fsp3) is 0.500. The van der Waals surface area contributed by atoms with Crippen molar-refractivity contribution in [1.29, 1.82) is 0 Å². The van der Waals surface area contributed by atoms with Crippen molar-refractivity contribution in [2.24, 2.45) is 7.05 Å². The molecule has 0 radical (unpaired) electrons. The summed E-state index contributed by atoms with van der Waals surface area (Å²) in [6, 6.07) is 5.75. The summed E-state index contributed by atoms with van der Waals surface area (Å²) >= 11 is 3.48. The highest BCUT2D eigenvalue weighted by Crippen LogP contribution is 2.28. The summed E-state index contributed by atoms with van der Waals surface area (Å²) in [6.07, 6.45) is 3.20. The van der Waals surface area contributed by atoms with Gasteiger partial charge in [-0.1, -0.05) is 13.0 Å². The van der Waals surface area contributed by atoms with Gasteiger partial charge in [-0.2, -0.15) is 0 Å². The van der Waals surface area contributed by atoms with E-state index in [2.05, 4.69) is 33.2 Å². The van der Waals surface area contributed by atoms with Crippen molar-refractivity contribution in [3.8, 4) is 0 Å². The first-order valence-electron chi connectivity index (χ1n) is 9.11. The maximum absolute atomic E-state index is 12.8. The molecule has 0 spiro atoms. The Labute approximate surface area is 169 Å². The highest BCUT2D eigenvalue weighted by atomic mass is 79.9. The molecule has 1 atom stereocenters. The third kappa shape index (κ3) is 5.89. The van der Waals surface area contributed by atoms with Crippen LogP contribution in [0, 0.1) is 0 Å². The van der Waals surface area contributed by atoms with Gasteiger partial charge in [0.1, 0.15) is 17.7 Å². The monoisotopic (exact) mass is 436 g/mol. The first-order valence-corrected chi connectivity index (χ1v) is 9.90. The SMILES string of the molecule is CCNCc1ccc(N(c2cc(Br)cn(C)c2=O)C(C)OC(C)(C)C)nc1. The van der Waals surface area contributed by atoms with E-state index >= 15 is 0 Å². The number of nitrogens with one attached hydrogen (secondary N) is 1. The third-order valence-corrected chi connectivity index (χ3v) is 4.35. The van der Waals surface area contributed by atoms with Crippen molar-refractivity contribution in [1.82, 2.24) is 14.9 Å². The number of halogens is 1. The van der Waals surface area contributed by atoms with Crippen molar-refractivity contribution in [2.45, 2.75) is 53.0 Å². The Bertz CT molecular complexity index is 812. The summed E-state index contributed by atoms with van der Waals surface area (Å²) in [4.78, 5) is 19.3. The minimum Gasteiger partial charge on any atom is -0.353 e. The van der Waals surface area contributed by atoms with Crippen LogP contribution < -0.4 is 15.8 Å². The molecule has 1 unspecified atom stereocenters. The Kier molecular flexibility index (Phi) is 7.19. The van der Waals surface area contributed by atoms with Gasteiger partial charge in [-0.05, 0) is 67.9 Å². The van der Waals surface area contributed by atoms with Gasteiger partial charge >= 0.3 is 0 Å². The number of hydrogen-bond donors (Lipinski definition) is 1. The second-order valence-corrected chi connectivity index (χ2v) is 8.38. The standard InChI is InChI=1S/C20H29BrN4O2/c1-7-22-11-15-8-9-18(23-12-15)25(14(2)27-20(3,4)5)17-10-16(21)13-24(6)19(17)26/h8-10,12-14,22H,7,11H2,1-6H3. The van der Waals surface area contributed by atoms with E-state index in [9.17, 15) is 4.79 Å². The van der Waals surface area contributed by atoms with Crippen LogP contribution in [0.5, 0.6) is 0 Å². The molecule has 2 heterocycles. The molecule has 0 bridgehead atoms. The zero-order valence-electron chi connectivity index (χ0n) is 16.9. The van der Waals surface area contributed by atoms with Gasteiger partial charge in [0.2, 0.25) is 0 Å². The van der Waals surface area contributed by atoms with Crippen molar-refractivity contribution in [3.05, 3.63) is 51.0 Å². The molecule has 1 N–H and O–H groups in total. The van der Waals surface area contributed by atoms with Gasteiger partial charge in [-0.15, -0.1) is 0 Å². The quantitative estimate of drug-likeness (QED) is 0.665. The molecule has 0 aliphatic heterocycles. The van der Waals surface area contributed by atoms with Gasteiger partial charge in [0, 0.05) is 30.5 Å². The van der Waals surface area contributed by atoms with Crippen LogP contribution in [-0.4, -0.2) is 27.9 Å². The molecule has 148 valence electrons. The smallest absolute Gasteiger partial charge is 0.274 e. The molecule has 2 aromatic rings. The molecule has 0 aliphatic rings. The van der Waals surface area contributed by atoms with Gasteiger partial charge in [-0.25, -0.2) is 4.98 Å². The predicted molar refractivity (Wildman–Crippen MR) is 113 cm³/mol. The molecular weight excluding hydrogens is 408 g/mol. The minimum atomic E-state index is -0.376. The number of hydrogen-bond acceptors (Lipinski definition) is 5. The van der Waals surface area contributed by atoms with Gasteiger partial charge in [0.05, 0.1) is 5.60 Å². The number of nitrogens with zero attached hydrogens (tertiary/aromatic N) is 3. The van der Waals surface area contributed by atoms with Gasteiger partial charge < -0.3 is 14.6 Å². The summed E-state index contributed by atoms with van der Waals surface area (Å²) in [5.74, 6) is 0.669. The van der Waals surface area contributed by atoms with Crippen LogP contribution in [0.4, 0.5) is 11.5 Å². The van der Waals surface area contributed by atoms with Crippen LogP contribution >= 0.6 is 15.9 Å². The van der Waals surface area contributed by atoms with Crippen LogP contribution in [0.25, 0.3) is 0 Å². The van der Waals surface area contributed by atoms with E-state index in [1.165, 1.54) is 0 Å². The number of ether oxygens (including phenoxy) is 1. The Morgan fingerprint density at radius 2 is 2.07 bits per heavy atom. The summed E-state index contributed by atoms with van der Waals surface area (Å²) < 4.78 is 8.52. The Morgan fingerprint density at radius 1 is 1.37 bits per heavy atom. The highest BCUT2D eigenvalue weighted by molar-refractivity contribution is 9.10. The molecule has 2 rings (SSSR count). The lowest BCUT2D eigenvalue weighted by Crippen LogP contribution is -2.40. The molecule has 0 amide bonds. The fourth-order valence-corrected chi connectivity index (χ4v) is 3.35. The molecule has 0 saturated carbocycles. The predicted octanol–water partition coefficient (Wildman–Crippen LogP) is 3.95. The Morgan fingerprint density at radius 3 is 2.63 bits per heavy atom. The number of aromatic nitrogens is 2. The first kappa shape index (κ1) is 21.6. The number of rotatable bonds is 7. The maximum Gasteiger partial charge on any atom is 0.274 e. The van der Waals surface area contributed by atoms with Gasteiger partial charge in [-0.3, -0.25) is 9.69 Å². The second-order valence-electron chi connectivity index (χ2n) is 7.46. The number of pyridine rings is 2. The Balaban J connectivity index is 2.49. The largest absolute Gasteiger partial charge is 0.353 e. The van der Waals surface area contributed by atoms with Crippen LogP contribution in [0.1, 0.15) is 40.2 Å². The van der Waals surface area contributed by atoms with Crippen LogP contribution in [-0.2, 0) is 18.3 Å². The van der Waals surface area contributed by atoms with E-state index in [0.29, 0.717) is 11.5 Å². The van der Waals surface area contributed by atoms with Crippen LogP contribution in [0.15, 0.2) is 39.9 Å². The molecule has 0 fully saturated rings. The van der Waals surface area contributed by atoms with E-state index in [-0.39, 0.29) is 17.4 Å². The van der Waals surface area contributed by atoms with Crippen molar-refractivity contribution in [3.63, 3.8) is 0 Å². The second kappa shape index (κ2) is 8.99. The summed E-state index contributed by atoms with van der Waals surface area (Å²) in [5.41, 5.74) is 1.13. The molecule has 2 aromatic heterocycles. The lowest BCUT2D eigenvalue weighted by Gasteiger charge is -2.34. The molecule has 7 heteroatoms. The zero-order chi connectivity index (χ0) is 20.2. The van der Waals surface area contributed by atoms with E-state index in [0.717, 1.165) is 23.1 Å². The third-order valence-electron chi connectivity index (χ3n) is 3.91. The topological polar surface area (TPSA) is 59.4 Å². The molecular formula is C20H29BrN4O2. The normalized spacial score (nSPS) is 12.9.